The monoisotopic (exact) mass is 221 g/mol. The molecule has 0 fully saturated rings. The van der Waals surface area contributed by atoms with E-state index >= 15 is 0 Å². The van der Waals surface area contributed by atoms with E-state index in [9.17, 15) is 0 Å². The summed E-state index contributed by atoms with van der Waals surface area (Å²) < 4.78 is 0. The molecule has 0 spiro atoms. The Morgan fingerprint density at radius 1 is 1.38 bits per heavy atom. The first-order valence-electron chi connectivity index (χ1n) is 6.22. The molecule has 1 rings (SSSR count). The maximum Gasteiger partial charge on any atom is 0.0573 e. The van der Waals surface area contributed by atoms with Gasteiger partial charge >= 0.3 is 0 Å². The maximum atomic E-state index is 5.48. The number of nitrogens with two attached hydrogens (primary N) is 1. The molecule has 0 radical (unpaired) electrons. The van der Waals surface area contributed by atoms with Gasteiger partial charge in [-0.2, -0.15) is 0 Å². The predicted molar refractivity (Wildman–Crippen MR) is 68.2 cm³/mol. The molecule has 0 aromatic carbocycles. The molecule has 1 aromatic rings. The normalized spacial score (nSPS) is 12.6. The van der Waals surface area contributed by atoms with E-state index in [1.165, 1.54) is 6.42 Å². The highest BCUT2D eigenvalue weighted by Gasteiger charge is 2.09. The van der Waals surface area contributed by atoms with E-state index in [0.717, 1.165) is 38.0 Å². The molecule has 0 saturated heterocycles. The van der Waals surface area contributed by atoms with Gasteiger partial charge in [0.1, 0.15) is 0 Å². The van der Waals surface area contributed by atoms with Gasteiger partial charge in [-0.25, -0.2) is 0 Å². The molecule has 0 bridgehead atoms. The Morgan fingerprint density at radius 3 is 2.88 bits per heavy atom. The van der Waals surface area contributed by atoms with E-state index in [0.29, 0.717) is 6.04 Å². The van der Waals surface area contributed by atoms with Crippen LogP contribution in [0, 0.1) is 0 Å². The third kappa shape index (κ3) is 4.73. The fourth-order valence-corrected chi connectivity index (χ4v) is 1.77. The zero-order valence-corrected chi connectivity index (χ0v) is 10.2. The van der Waals surface area contributed by atoms with Crippen LogP contribution >= 0.6 is 0 Å². The van der Waals surface area contributed by atoms with Gasteiger partial charge in [0.15, 0.2) is 0 Å². The van der Waals surface area contributed by atoms with Gasteiger partial charge in [-0.05, 0) is 44.5 Å². The summed E-state index contributed by atoms with van der Waals surface area (Å²) in [6.45, 7) is 4.01. The number of rotatable bonds is 8. The Morgan fingerprint density at radius 2 is 2.25 bits per heavy atom. The Balaban J connectivity index is 2.41. The van der Waals surface area contributed by atoms with Crippen LogP contribution in [0.5, 0.6) is 0 Å². The third-order valence-electron chi connectivity index (χ3n) is 2.64. The zero-order chi connectivity index (χ0) is 11.6. The summed E-state index contributed by atoms with van der Waals surface area (Å²) in [6, 6.07) is 6.49. The van der Waals surface area contributed by atoms with Gasteiger partial charge in [0.05, 0.1) is 5.69 Å². The van der Waals surface area contributed by atoms with Crippen LogP contribution in [0.1, 0.15) is 44.3 Å². The third-order valence-corrected chi connectivity index (χ3v) is 2.64. The summed E-state index contributed by atoms with van der Waals surface area (Å²) >= 11 is 0. The average Bonchev–Trinajstić information content (AvgIpc) is 2.34. The highest BCUT2D eigenvalue weighted by Crippen LogP contribution is 2.15. The molecular weight excluding hydrogens is 198 g/mol. The van der Waals surface area contributed by atoms with Crippen LogP contribution in [-0.4, -0.2) is 18.1 Å². The summed E-state index contributed by atoms with van der Waals surface area (Å²) in [5.41, 5.74) is 6.63. The molecule has 3 N–H and O–H groups in total. The predicted octanol–water partition coefficient (Wildman–Crippen LogP) is 2.25. The number of hydrogen-bond acceptors (Lipinski definition) is 3. The number of nitrogens with one attached hydrogen (secondary N) is 1. The number of nitrogens with zero attached hydrogens (tertiary/aromatic N) is 1. The Kier molecular flexibility index (Phi) is 6.77. The van der Waals surface area contributed by atoms with Crippen molar-refractivity contribution in [2.24, 2.45) is 5.73 Å². The fourth-order valence-electron chi connectivity index (χ4n) is 1.77. The second-order valence-electron chi connectivity index (χ2n) is 4.05. The smallest absolute Gasteiger partial charge is 0.0573 e. The van der Waals surface area contributed by atoms with E-state index in [4.69, 9.17) is 5.73 Å². The van der Waals surface area contributed by atoms with Crippen molar-refractivity contribution in [1.82, 2.24) is 10.3 Å². The summed E-state index contributed by atoms with van der Waals surface area (Å²) in [5, 5.41) is 3.55. The SMILES string of the molecule is CCCC(NCCCCN)c1ccccn1. The molecule has 16 heavy (non-hydrogen) atoms. The van der Waals surface area contributed by atoms with E-state index in [1.807, 2.05) is 18.3 Å². The lowest BCUT2D eigenvalue weighted by molar-refractivity contribution is 0.474. The van der Waals surface area contributed by atoms with Crippen LogP contribution in [0.4, 0.5) is 0 Å². The van der Waals surface area contributed by atoms with E-state index in [-0.39, 0.29) is 0 Å². The maximum absolute atomic E-state index is 5.48. The van der Waals surface area contributed by atoms with Crippen molar-refractivity contribution < 1.29 is 0 Å². The first kappa shape index (κ1) is 13.1. The molecule has 0 saturated carbocycles. The van der Waals surface area contributed by atoms with Crippen molar-refractivity contribution in [2.45, 2.75) is 38.6 Å². The number of unbranched alkanes of at least 4 members (excludes halogenated alkanes) is 1. The Bertz CT molecular complexity index is 261. The van der Waals surface area contributed by atoms with Crippen molar-refractivity contribution in [3.05, 3.63) is 30.1 Å². The fraction of sp³-hybridized carbons (Fsp3) is 0.615. The molecule has 3 nitrogen and oxygen atoms in total. The lowest BCUT2D eigenvalue weighted by Crippen LogP contribution is -2.23. The molecule has 1 aromatic heterocycles. The lowest BCUT2D eigenvalue weighted by atomic mass is 10.1. The molecule has 0 aliphatic rings. The van der Waals surface area contributed by atoms with Gasteiger partial charge in [-0.3, -0.25) is 4.98 Å². The molecule has 0 amide bonds. The van der Waals surface area contributed by atoms with Gasteiger partial charge in [0.2, 0.25) is 0 Å². The van der Waals surface area contributed by atoms with Gasteiger partial charge in [0.25, 0.3) is 0 Å². The van der Waals surface area contributed by atoms with Crippen LogP contribution in [0.3, 0.4) is 0 Å². The average molecular weight is 221 g/mol. The first-order valence-corrected chi connectivity index (χ1v) is 6.22. The number of aromatic nitrogens is 1. The van der Waals surface area contributed by atoms with Crippen LogP contribution in [-0.2, 0) is 0 Å². The highest BCUT2D eigenvalue weighted by atomic mass is 14.9. The summed E-state index contributed by atoms with van der Waals surface area (Å²) in [5.74, 6) is 0. The largest absolute Gasteiger partial charge is 0.330 e. The Labute approximate surface area is 98.5 Å². The van der Waals surface area contributed by atoms with Crippen molar-refractivity contribution in [1.29, 1.82) is 0 Å². The molecule has 0 aliphatic heterocycles. The van der Waals surface area contributed by atoms with Gasteiger partial charge in [0, 0.05) is 12.2 Å². The molecule has 1 unspecified atom stereocenters. The topological polar surface area (TPSA) is 50.9 Å². The van der Waals surface area contributed by atoms with Crippen LogP contribution in [0.25, 0.3) is 0 Å². The second kappa shape index (κ2) is 8.25. The van der Waals surface area contributed by atoms with Crippen molar-refractivity contribution >= 4 is 0 Å². The van der Waals surface area contributed by atoms with Gasteiger partial charge in [-0.15, -0.1) is 0 Å². The molecule has 1 atom stereocenters. The minimum absolute atomic E-state index is 0.393. The van der Waals surface area contributed by atoms with Crippen molar-refractivity contribution in [3.8, 4) is 0 Å². The molecular formula is C13H23N3. The standard InChI is InChI=1S/C13H23N3/c1-2-7-12(15-11-6-4-9-14)13-8-3-5-10-16-13/h3,5,8,10,12,15H,2,4,6-7,9,11,14H2,1H3. The molecule has 3 heteroatoms. The number of hydrogen-bond donors (Lipinski definition) is 2. The minimum atomic E-state index is 0.393. The van der Waals surface area contributed by atoms with Gasteiger partial charge < -0.3 is 11.1 Å². The van der Waals surface area contributed by atoms with E-state index < -0.39 is 0 Å². The van der Waals surface area contributed by atoms with E-state index in [1.54, 1.807) is 0 Å². The van der Waals surface area contributed by atoms with Gasteiger partial charge in [-0.1, -0.05) is 19.4 Å². The Hall–Kier alpha value is -0.930. The van der Waals surface area contributed by atoms with Crippen molar-refractivity contribution in [3.63, 3.8) is 0 Å². The summed E-state index contributed by atoms with van der Waals surface area (Å²) in [4.78, 5) is 4.41. The number of pyridine rings is 1. The minimum Gasteiger partial charge on any atom is -0.330 e. The summed E-state index contributed by atoms with van der Waals surface area (Å²) in [7, 11) is 0. The molecule has 0 aliphatic carbocycles. The lowest BCUT2D eigenvalue weighted by Gasteiger charge is -2.17. The first-order chi connectivity index (χ1) is 7.88. The highest BCUT2D eigenvalue weighted by molar-refractivity contribution is 5.08. The zero-order valence-electron chi connectivity index (χ0n) is 10.2. The van der Waals surface area contributed by atoms with Crippen LogP contribution < -0.4 is 11.1 Å². The van der Waals surface area contributed by atoms with Crippen LogP contribution in [0.2, 0.25) is 0 Å². The van der Waals surface area contributed by atoms with E-state index in [2.05, 4.69) is 23.3 Å². The molecule has 90 valence electrons. The van der Waals surface area contributed by atoms with Crippen LogP contribution in [0.15, 0.2) is 24.4 Å². The second-order valence-corrected chi connectivity index (χ2v) is 4.05. The summed E-state index contributed by atoms with van der Waals surface area (Å²) in [6.07, 6.45) is 6.40. The van der Waals surface area contributed by atoms with Crippen molar-refractivity contribution in [2.75, 3.05) is 13.1 Å². The molecule has 1 heterocycles. The quantitative estimate of drug-likeness (QED) is 0.662.